The van der Waals surface area contributed by atoms with Crippen LogP contribution in [0, 0.1) is 11.3 Å². The summed E-state index contributed by atoms with van der Waals surface area (Å²) in [6.45, 7) is 0. The van der Waals surface area contributed by atoms with E-state index >= 15 is 0 Å². The van der Waals surface area contributed by atoms with Crippen LogP contribution in [0.25, 0.3) is 0 Å². The van der Waals surface area contributed by atoms with E-state index in [1.54, 1.807) is 6.07 Å². The zero-order valence-corrected chi connectivity index (χ0v) is 9.67. The fourth-order valence-electron chi connectivity index (χ4n) is 1.20. The van der Waals surface area contributed by atoms with E-state index in [1.165, 1.54) is 13.2 Å². The van der Waals surface area contributed by atoms with Crippen LogP contribution in [0.3, 0.4) is 0 Å². The molecule has 0 saturated heterocycles. The van der Waals surface area contributed by atoms with Crippen LogP contribution in [-0.2, 0) is 9.05 Å². The Kier molecular flexibility index (Phi) is 3.52. The van der Waals surface area contributed by atoms with Gasteiger partial charge in [0.05, 0.1) is 18.2 Å². The van der Waals surface area contributed by atoms with E-state index in [1.807, 2.05) is 0 Å². The minimum absolute atomic E-state index is 0.0240. The van der Waals surface area contributed by atoms with Gasteiger partial charge < -0.3 is 4.74 Å². The molecular formula is C9H6ClNO4S. The van der Waals surface area contributed by atoms with Gasteiger partial charge >= 0.3 is 0 Å². The summed E-state index contributed by atoms with van der Waals surface area (Å²) in [5.74, 6) is -0.218. The molecule has 0 bridgehead atoms. The molecule has 0 unspecified atom stereocenters. The number of halogens is 1. The molecule has 0 heterocycles. The Labute approximate surface area is 96.6 Å². The van der Waals surface area contributed by atoms with Crippen LogP contribution in [0.5, 0.6) is 5.75 Å². The number of aldehydes is 1. The van der Waals surface area contributed by atoms with Crippen molar-refractivity contribution in [2.75, 3.05) is 7.11 Å². The number of carbonyl (C=O) groups excluding carboxylic acids is 1. The van der Waals surface area contributed by atoms with Crippen LogP contribution in [0.2, 0.25) is 0 Å². The molecule has 0 saturated carbocycles. The van der Waals surface area contributed by atoms with E-state index in [4.69, 9.17) is 20.7 Å². The molecule has 0 fully saturated rings. The molecule has 0 radical (unpaired) electrons. The van der Waals surface area contributed by atoms with Gasteiger partial charge in [-0.1, -0.05) is 0 Å². The second-order valence-electron chi connectivity index (χ2n) is 2.73. The summed E-state index contributed by atoms with van der Waals surface area (Å²) in [6, 6.07) is 4.06. The number of ether oxygens (including phenoxy) is 1. The zero-order valence-electron chi connectivity index (χ0n) is 8.10. The van der Waals surface area contributed by atoms with Crippen molar-refractivity contribution in [3.8, 4) is 11.8 Å². The molecule has 1 rings (SSSR count). The van der Waals surface area contributed by atoms with Crippen LogP contribution >= 0.6 is 10.7 Å². The first-order chi connectivity index (χ1) is 7.45. The lowest BCUT2D eigenvalue weighted by atomic mass is 10.1. The number of benzene rings is 1. The molecule has 0 aliphatic carbocycles. The lowest BCUT2D eigenvalue weighted by Gasteiger charge is -2.08. The topological polar surface area (TPSA) is 84.2 Å². The summed E-state index contributed by atoms with van der Waals surface area (Å²) in [6.07, 6.45) is 0.350. The van der Waals surface area contributed by atoms with Gasteiger partial charge in [0.25, 0.3) is 9.05 Å². The third-order valence-electron chi connectivity index (χ3n) is 1.87. The number of hydrogen-bond donors (Lipinski definition) is 0. The Morgan fingerprint density at radius 2 is 2.12 bits per heavy atom. The number of nitriles is 1. The third kappa shape index (κ3) is 2.15. The predicted octanol–water partition coefficient (Wildman–Crippen LogP) is 1.31. The van der Waals surface area contributed by atoms with Gasteiger partial charge in [-0.2, -0.15) is 5.26 Å². The highest BCUT2D eigenvalue weighted by Gasteiger charge is 2.21. The average Bonchev–Trinajstić information content (AvgIpc) is 2.25. The summed E-state index contributed by atoms with van der Waals surface area (Å²) in [4.78, 5) is 10.4. The smallest absolute Gasteiger partial charge is 0.265 e. The van der Waals surface area contributed by atoms with E-state index in [2.05, 4.69) is 0 Å². The van der Waals surface area contributed by atoms with Crippen molar-refractivity contribution < 1.29 is 17.9 Å². The summed E-state index contributed by atoms with van der Waals surface area (Å²) in [5.41, 5.74) is -0.109. The van der Waals surface area contributed by atoms with E-state index in [-0.39, 0.29) is 21.8 Å². The highest BCUT2D eigenvalue weighted by molar-refractivity contribution is 8.13. The Morgan fingerprint density at radius 3 is 2.50 bits per heavy atom. The Balaban J connectivity index is 3.71. The average molecular weight is 260 g/mol. The highest BCUT2D eigenvalue weighted by atomic mass is 35.7. The second kappa shape index (κ2) is 4.51. The molecule has 5 nitrogen and oxygen atoms in total. The molecule has 1 aromatic carbocycles. The zero-order chi connectivity index (χ0) is 12.3. The molecule has 7 heteroatoms. The minimum atomic E-state index is -4.02. The van der Waals surface area contributed by atoms with E-state index in [0.29, 0.717) is 6.29 Å². The van der Waals surface area contributed by atoms with Crippen LogP contribution in [0.1, 0.15) is 15.9 Å². The molecule has 0 amide bonds. The number of nitrogens with zero attached hydrogens (tertiary/aromatic N) is 1. The van der Waals surface area contributed by atoms with Crippen molar-refractivity contribution >= 4 is 26.0 Å². The first kappa shape index (κ1) is 12.5. The fraction of sp³-hybridized carbons (Fsp3) is 0.111. The molecule has 0 N–H and O–H groups in total. The Morgan fingerprint density at radius 1 is 1.50 bits per heavy atom. The molecular weight excluding hydrogens is 254 g/mol. The van der Waals surface area contributed by atoms with Crippen molar-refractivity contribution in [2.24, 2.45) is 0 Å². The van der Waals surface area contributed by atoms with E-state index in [9.17, 15) is 13.2 Å². The van der Waals surface area contributed by atoms with Crippen molar-refractivity contribution in [3.05, 3.63) is 23.3 Å². The molecule has 0 aromatic heterocycles. The molecule has 0 aliphatic heterocycles. The summed E-state index contributed by atoms with van der Waals surface area (Å²) in [7, 11) is 2.33. The number of rotatable bonds is 3. The van der Waals surface area contributed by atoms with Crippen LogP contribution in [0.15, 0.2) is 17.0 Å². The van der Waals surface area contributed by atoms with Crippen molar-refractivity contribution in [2.45, 2.75) is 4.90 Å². The first-order valence-corrected chi connectivity index (χ1v) is 6.27. The normalized spacial score (nSPS) is 10.6. The summed E-state index contributed by atoms with van der Waals surface area (Å²) >= 11 is 0. The van der Waals surface area contributed by atoms with Crippen molar-refractivity contribution in [3.63, 3.8) is 0 Å². The molecule has 16 heavy (non-hydrogen) atoms. The molecule has 0 atom stereocenters. The van der Waals surface area contributed by atoms with Gasteiger partial charge in [-0.15, -0.1) is 0 Å². The predicted molar refractivity (Wildman–Crippen MR) is 56.1 cm³/mol. The SMILES string of the molecule is COc1c(S(=O)(=O)Cl)ccc(C#N)c1C=O. The number of hydrogen-bond acceptors (Lipinski definition) is 5. The van der Waals surface area contributed by atoms with Gasteiger partial charge in [0.1, 0.15) is 11.0 Å². The Bertz CT molecular complexity index is 574. The van der Waals surface area contributed by atoms with Crippen molar-refractivity contribution in [1.82, 2.24) is 0 Å². The second-order valence-corrected chi connectivity index (χ2v) is 5.26. The number of methoxy groups -OCH3 is 1. The van der Waals surface area contributed by atoms with Crippen LogP contribution in [-0.4, -0.2) is 21.8 Å². The number of carbonyl (C=O) groups is 1. The fourth-order valence-corrected chi connectivity index (χ4v) is 2.21. The molecule has 84 valence electrons. The van der Waals surface area contributed by atoms with Gasteiger partial charge in [-0.05, 0) is 12.1 Å². The maximum atomic E-state index is 11.2. The van der Waals surface area contributed by atoms with Crippen molar-refractivity contribution in [1.29, 1.82) is 5.26 Å². The lowest BCUT2D eigenvalue weighted by Crippen LogP contribution is -2.02. The quantitative estimate of drug-likeness (QED) is 0.603. The van der Waals surface area contributed by atoms with Gasteiger partial charge in [0.2, 0.25) is 0 Å². The van der Waals surface area contributed by atoms with E-state index < -0.39 is 9.05 Å². The largest absolute Gasteiger partial charge is 0.495 e. The molecule has 0 spiro atoms. The highest BCUT2D eigenvalue weighted by Crippen LogP contribution is 2.31. The molecule has 1 aromatic rings. The minimum Gasteiger partial charge on any atom is -0.495 e. The van der Waals surface area contributed by atoms with Crippen LogP contribution < -0.4 is 4.74 Å². The molecule has 0 aliphatic rings. The standard InChI is InChI=1S/C9H6ClNO4S/c1-15-9-7(5-12)6(4-11)2-3-8(9)16(10,13)14/h2-3,5H,1H3. The lowest BCUT2D eigenvalue weighted by molar-refractivity contribution is 0.112. The van der Waals surface area contributed by atoms with Gasteiger partial charge in [0.15, 0.2) is 12.0 Å². The van der Waals surface area contributed by atoms with Gasteiger partial charge in [-0.3, -0.25) is 4.79 Å². The van der Waals surface area contributed by atoms with Gasteiger partial charge in [0, 0.05) is 10.7 Å². The first-order valence-electron chi connectivity index (χ1n) is 3.96. The summed E-state index contributed by atoms with van der Waals surface area (Å²) in [5, 5.41) is 8.72. The Hall–Kier alpha value is -1.58. The van der Waals surface area contributed by atoms with Crippen LogP contribution in [0.4, 0.5) is 0 Å². The maximum absolute atomic E-state index is 11.2. The maximum Gasteiger partial charge on any atom is 0.265 e. The van der Waals surface area contributed by atoms with Gasteiger partial charge in [-0.25, -0.2) is 8.42 Å². The monoisotopic (exact) mass is 259 g/mol. The third-order valence-corrected chi connectivity index (χ3v) is 3.21. The summed E-state index contributed by atoms with van der Waals surface area (Å²) < 4.78 is 27.1. The van der Waals surface area contributed by atoms with E-state index in [0.717, 1.165) is 6.07 Å².